The zero-order chi connectivity index (χ0) is 41.8. The number of likely N-dealkylation sites (tertiary alicyclic amines) is 1. The van der Waals surface area contributed by atoms with Crippen molar-refractivity contribution in [3.05, 3.63) is 52.6 Å². The van der Waals surface area contributed by atoms with E-state index >= 15 is 8.78 Å². The Morgan fingerprint density at radius 1 is 1.17 bits per heavy atom. The van der Waals surface area contributed by atoms with Crippen LogP contribution in [0.4, 0.5) is 37.6 Å². The monoisotopic (exact) mass is 866 g/mol. The summed E-state index contributed by atoms with van der Waals surface area (Å²) in [7, 11) is 0. The van der Waals surface area contributed by atoms with Gasteiger partial charge in [0, 0.05) is 59.9 Å². The lowest BCUT2D eigenvalue weighted by Crippen LogP contribution is -2.74. The summed E-state index contributed by atoms with van der Waals surface area (Å²) >= 11 is 7.91. The van der Waals surface area contributed by atoms with Crippen LogP contribution >= 0.6 is 22.9 Å². The van der Waals surface area contributed by atoms with Gasteiger partial charge in [0.2, 0.25) is 5.82 Å². The second-order valence-corrected chi connectivity index (χ2v) is 18.6. The third kappa shape index (κ3) is 6.00. The zero-order valence-corrected chi connectivity index (χ0v) is 34.1. The molecule has 4 saturated heterocycles. The number of alkyl halides is 3. The van der Waals surface area contributed by atoms with E-state index in [-0.39, 0.29) is 72.9 Å². The highest BCUT2D eigenvalue weighted by Gasteiger charge is 2.60. The van der Waals surface area contributed by atoms with Crippen LogP contribution in [0.2, 0.25) is 5.02 Å². The van der Waals surface area contributed by atoms with Gasteiger partial charge in [0.1, 0.15) is 47.3 Å². The van der Waals surface area contributed by atoms with E-state index in [1.54, 1.807) is 11.0 Å². The molecule has 2 N–H and O–H groups in total. The van der Waals surface area contributed by atoms with Crippen molar-refractivity contribution >= 4 is 60.8 Å². The first-order chi connectivity index (χ1) is 28.8. The maximum absolute atomic E-state index is 17.5. The summed E-state index contributed by atoms with van der Waals surface area (Å²) < 4.78 is 81.5. The van der Waals surface area contributed by atoms with Gasteiger partial charge in [-0.2, -0.15) is 19.9 Å². The topological polar surface area (TPSA) is 142 Å². The molecular weight excluding hydrogens is 827 g/mol. The number of nitrogens with zero attached hydrogens (tertiary/aromatic N) is 9. The summed E-state index contributed by atoms with van der Waals surface area (Å²) in [6.07, 6.45) is 3.31. The summed E-state index contributed by atoms with van der Waals surface area (Å²) in [5.41, 5.74) is 5.14. The number of fused-ring (bicyclic) bond motifs is 3. The molecule has 1 amide bonds. The molecule has 1 saturated carbocycles. The smallest absolute Gasteiger partial charge is 0.346 e. The Hall–Kier alpha value is -4.86. The molecular formula is C41H40ClF5N10O2S. The molecule has 2 aromatic carbocycles. The van der Waals surface area contributed by atoms with Gasteiger partial charge in [-0.25, -0.2) is 31.7 Å². The van der Waals surface area contributed by atoms with Gasteiger partial charge in [-0.3, -0.25) is 4.90 Å². The van der Waals surface area contributed by atoms with Gasteiger partial charge < -0.3 is 20.3 Å². The molecule has 5 fully saturated rings. The van der Waals surface area contributed by atoms with E-state index in [2.05, 4.69) is 24.9 Å². The lowest BCUT2D eigenvalue weighted by Gasteiger charge is -2.64. The summed E-state index contributed by atoms with van der Waals surface area (Å²) in [6.45, 7) is 3.95. The Morgan fingerprint density at radius 3 is 2.72 bits per heavy atom. The fourth-order valence-corrected chi connectivity index (χ4v) is 12.0. The molecule has 7 heterocycles. The standard InChI is InChI=1S/C41H40ClF5N10O2S/c1-20-8-10-40(17-56(33(40)21-4-2-5-21)39(58)57-19-50-36(53-57)34(46)47)16-55(20)37-24-12-26(42)29(23-6-7-27(44)32-28(23)25(14-48)35(49)60-32)30(45)31(24)51-38(52-37)59-18-41-9-3-11-54(41)15-22(43)13-41/h6-7,12,19-22,33-34H,2-5,8-11,13,15-18,49H2,1H3/t20-,22+,33+,40+,41-/m0/s1. The summed E-state index contributed by atoms with van der Waals surface area (Å²) in [4.78, 5) is 32.9. The number of aromatic nitrogens is 5. The van der Waals surface area contributed by atoms with Crippen LogP contribution < -0.4 is 15.4 Å². The number of carbonyl (C=O) groups is 1. The number of benzene rings is 2. The number of nitrogen functional groups attached to an aromatic ring is 1. The lowest BCUT2D eigenvalue weighted by molar-refractivity contribution is -0.100. The molecule has 5 atom stereocenters. The third-order valence-corrected chi connectivity index (χ3v) is 15.1. The number of halogens is 6. The molecule has 10 rings (SSSR count). The van der Waals surface area contributed by atoms with Gasteiger partial charge in [0.15, 0.2) is 5.82 Å². The van der Waals surface area contributed by atoms with Crippen molar-refractivity contribution in [3.8, 4) is 23.2 Å². The molecule has 0 bridgehead atoms. The quantitative estimate of drug-likeness (QED) is 0.158. The van der Waals surface area contributed by atoms with Crippen molar-refractivity contribution in [1.82, 2.24) is 34.5 Å². The van der Waals surface area contributed by atoms with Crippen LogP contribution in [-0.2, 0) is 0 Å². The van der Waals surface area contributed by atoms with E-state index in [9.17, 15) is 23.2 Å². The SMILES string of the molecule is C[C@H]1CC[C@]2(CN(C(=O)n3cnc(C(F)F)n3)[C@@H]2C2CCC2)CN1c1nc(OC[C@@]23CCCN2C[C@H](F)C3)nc2c(F)c(-c3ccc(F)c4sc(N)c(C#N)c34)c(Cl)cc12. The summed E-state index contributed by atoms with van der Waals surface area (Å²) in [5.74, 6) is -1.62. The molecule has 19 heteroatoms. The van der Waals surface area contributed by atoms with Crippen LogP contribution in [0.5, 0.6) is 6.01 Å². The van der Waals surface area contributed by atoms with Gasteiger partial charge in [-0.05, 0) is 75.6 Å². The maximum Gasteiger partial charge on any atom is 0.346 e. The number of nitrogens with two attached hydrogens (primary N) is 1. The second-order valence-electron chi connectivity index (χ2n) is 17.2. The molecule has 5 aromatic rings. The van der Waals surface area contributed by atoms with Crippen molar-refractivity contribution in [2.24, 2.45) is 11.3 Å². The van der Waals surface area contributed by atoms with Crippen molar-refractivity contribution in [2.45, 2.75) is 88.5 Å². The average Bonchev–Trinajstić information content (AvgIpc) is 3.98. The Morgan fingerprint density at radius 2 is 1.98 bits per heavy atom. The number of ether oxygens (including phenoxy) is 1. The highest BCUT2D eigenvalue weighted by Crippen LogP contribution is 2.55. The fraction of sp³-hybridized carbons (Fsp3) is 0.512. The molecule has 12 nitrogen and oxygen atoms in total. The van der Waals surface area contributed by atoms with Crippen LogP contribution in [0, 0.1) is 34.3 Å². The molecule has 1 spiro atoms. The van der Waals surface area contributed by atoms with E-state index in [1.165, 1.54) is 12.1 Å². The molecule has 3 aromatic heterocycles. The zero-order valence-electron chi connectivity index (χ0n) is 32.5. The number of hydrogen-bond donors (Lipinski definition) is 1. The number of amides is 1. The first-order valence-electron chi connectivity index (χ1n) is 20.2. The number of anilines is 2. The van der Waals surface area contributed by atoms with E-state index in [1.807, 2.05) is 13.0 Å². The molecule has 0 radical (unpaired) electrons. The maximum atomic E-state index is 17.5. The van der Waals surface area contributed by atoms with Crippen LogP contribution in [-0.4, -0.2) is 97.1 Å². The van der Waals surface area contributed by atoms with Gasteiger partial charge in [-0.15, -0.1) is 16.4 Å². The van der Waals surface area contributed by atoms with Crippen molar-refractivity contribution < 1.29 is 31.5 Å². The van der Waals surface area contributed by atoms with E-state index in [0.717, 1.165) is 67.4 Å². The molecule has 1 aliphatic carbocycles. The van der Waals surface area contributed by atoms with E-state index in [0.29, 0.717) is 43.7 Å². The van der Waals surface area contributed by atoms with Crippen molar-refractivity contribution in [3.63, 3.8) is 0 Å². The molecule has 5 aliphatic rings. The average molecular weight is 867 g/mol. The first-order valence-corrected chi connectivity index (χ1v) is 21.4. The highest BCUT2D eigenvalue weighted by molar-refractivity contribution is 7.23. The predicted octanol–water partition coefficient (Wildman–Crippen LogP) is 8.51. The number of thiophene rings is 1. The minimum Gasteiger partial charge on any atom is -0.461 e. The summed E-state index contributed by atoms with van der Waals surface area (Å²) in [6, 6.07) is 5.20. The highest BCUT2D eigenvalue weighted by atomic mass is 35.5. The molecule has 0 unspecified atom stereocenters. The van der Waals surface area contributed by atoms with E-state index < -0.39 is 47.0 Å². The molecule has 314 valence electrons. The number of hydrogen-bond acceptors (Lipinski definition) is 11. The van der Waals surface area contributed by atoms with Crippen LogP contribution in [0.15, 0.2) is 24.5 Å². The Labute approximate surface area is 350 Å². The lowest BCUT2D eigenvalue weighted by atomic mass is 9.58. The number of carbonyl (C=O) groups excluding carboxylic acids is 1. The summed E-state index contributed by atoms with van der Waals surface area (Å²) in [5, 5.41) is 14.3. The Balaban J connectivity index is 1.08. The minimum atomic E-state index is -2.92. The first kappa shape index (κ1) is 39.3. The van der Waals surface area contributed by atoms with E-state index in [4.69, 9.17) is 27.1 Å². The van der Waals surface area contributed by atoms with Crippen LogP contribution in [0.1, 0.15) is 76.1 Å². The third-order valence-electron chi connectivity index (χ3n) is 13.8. The van der Waals surface area contributed by atoms with Crippen LogP contribution in [0.25, 0.3) is 32.1 Å². The van der Waals surface area contributed by atoms with Gasteiger partial charge in [-0.1, -0.05) is 24.1 Å². The second kappa shape index (κ2) is 14.4. The normalized spacial score (nSPS) is 26.9. The van der Waals surface area contributed by atoms with Gasteiger partial charge in [0.25, 0.3) is 6.43 Å². The van der Waals surface area contributed by atoms with Crippen LogP contribution in [0.3, 0.4) is 0 Å². The largest absolute Gasteiger partial charge is 0.461 e. The predicted molar refractivity (Wildman–Crippen MR) is 215 cm³/mol. The van der Waals surface area contributed by atoms with Gasteiger partial charge >= 0.3 is 12.0 Å². The van der Waals surface area contributed by atoms with Crippen molar-refractivity contribution in [1.29, 1.82) is 5.26 Å². The minimum absolute atomic E-state index is 0.00956. The number of nitriles is 1. The number of rotatable bonds is 7. The fourth-order valence-electron chi connectivity index (χ4n) is 10.8. The number of piperidine rings is 1. The molecule has 4 aliphatic heterocycles. The van der Waals surface area contributed by atoms with Crippen molar-refractivity contribution in [2.75, 3.05) is 43.4 Å². The Kier molecular flexibility index (Phi) is 9.41. The molecule has 60 heavy (non-hydrogen) atoms. The van der Waals surface area contributed by atoms with Gasteiger partial charge in [0.05, 0.1) is 20.8 Å². The Bertz CT molecular complexity index is 2620.